The largest absolute Gasteiger partial charge is 0.383 e. The molecule has 1 aromatic rings. The smallest absolute Gasteiger partial charge is 0.332 e. The van der Waals surface area contributed by atoms with Crippen LogP contribution in [0.2, 0.25) is 0 Å². The van der Waals surface area contributed by atoms with Crippen molar-refractivity contribution in [1.29, 1.82) is 0 Å². The summed E-state index contributed by atoms with van der Waals surface area (Å²) in [4.78, 5) is 35.4. The molecule has 0 saturated carbocycles. The van der Waals surface area contributed by atoms with Crippen LogP contribution >= 0.6 is 0 Å². The minimum atomic E-state index is -0.593. The second-order valence-corrected chi connectivity index (χ2v) is 4.81. The maximum atomic E-state index is 12.0. The van der Waals surface area contributed by atoms with Crippen LogP contribution in [0.15, 0.2) is 9.59 Å². The molecule has 3 N–H and O–H groups in total. The van der Waals surface area contributed by atoms with Crippen molar-refractivity contribution in [1.82, 2.24) is 9.13 Å². The van der Waals surface area contributed by atoms with E-state index in [-0.39, 0.29) is 29.8 Å². The molecule has 19 heavy (non-hydrogen) atoms. The lowest BCUT2D eigenvalue weighted by atomic mass is 10.2. The zero-order valence-corrected chi connectivity index (χ0v) is 11.7. The zero-order valence-electron chi connectivity index (χ0n) is 11.7. The van der Waals surface area contributed by atoms with E-state index in [4.69, 9.17) is 5.73 Å². The third kappa shape index (κ3) is 3.04. The average molecular weight is 268 g/mol. The predicted octanol–water partition coefficient (Wildman–Crippen LogP) is 0.134. The van der Waals surface area contributed by atoms with Crippen LogP contribution in [0.4, 0.5) is 11.5 Å². The number of amides is 1. The highest BCUT2D eigenvalue weighted by molar-refractivity contribution is 5.92. The maximum absolute atomic E-state index is 12.0. The van der Waals surface area contributed by atoms with E-state index in [1.54, 1.807) is 6.92 Å². The zero-order chi connectivity index (χ0) is 14.7. The number of hydrogen-bond donors (Lipinski definition) is 2. The fourth-order valence-corrected chi connectivity index (χ4v) is 1.67. The number of rotatable bonds is 4. The second-order valence-electron chi connectivity index (χ2n) is 4.81. The first kappa shape index (κ1) is 15.0. The summed E-state index contributed by atoms with van der Waals surface area (Å²) in [6, 6.07) is 0. The van der Waals surface area contributed by atoms with Gasteiger partial charge in [-0.2, -0.15) is 0 Å². The fraction of sp³-hybridized carbons (Fsp3) is 0.583. The van der Waals surface area contributed by atoms with E-state index in [1.165, 1.54) is 11.6 Å². The molecule has 7 heteroatoms. The molecule has 0 radical (unpaired) electrons. The Morgan fingerprint density at radius 1 is 1.37 bits per heavy atom. The fourth-order valence-electron chi connectivity index (χ4n) is 1.67. The van der Waals surface area contributed by atoms with Gasteiger partial charge in [-0.3, -0.25) is 18.7 Å². The molecule has 1 heterocycles. The number of nitrogen functional groups attached to an aromatic ring is 1. The summed E-state index contributed by atoms with van der Waals surface area (Å²) in [7, 11) is 1.36. The molecule has 1 aromatic heterocycles. The number of anilines is 2. The van der Waals surface area contributed by atoms with Gasteiger partial charge in [-0.25, -0.2) is 4.79 Å². The SMILES string of the molecule is CCC(=O)Nc1c(N)n(CC(C)C)c(=O)n(C)c1=O. The van der Waals surface area contributed by atoms with Gasteiger partial charge < -0.3 is 11.1 Å². The van der Waals surface area contributed by atoms with Gasteiger partial charge in [0.25, 0.3) is 5.56 Å². The molecule has 7 nitrogen and oxygen atoms in total. The molecular weight excluding hydrogens is 248 g/mol. The number of aromatic nitrogens is 2. The number of carbonyl (C=O) groups excluding carboxylic acids is 1. The molecule has 1 amide bonds. The number of hydrogen-bond acceptors (Lipinski definition) is 4. The van der Waals surface area contributed by atoms with Crippen molar-refractivity contribution in [3.8, 4) is 0 Å². The normalized spacial score (nSPS) is 10.8. The van der Waals surface area contributed by atoms with E-state index in [1.807, 2.05) is 13.8 Å². The van der Waals surface area contributed by atoms with Crippen molar-refractivity contribution >= 4 is 17.4 Å². The van der Waals surface area contributed by atoms with Crippen molar-refractivity contribution in [3.05, 3.63) is 20.8 Å². The molecule has 0 fully saturated rings. The van der Waals surface area contributed by atoms with Crippen LogP contribution in [-0.2, 0) is 18.4 Å². The van der Waals surface area contributed by atoms with Crippen molar-refractivity contribution in [2.45, 2.75) is 33.7 Å². The summed E-state index contributed by atoms with van der Waals surface area (Å²) < 4.78 is 2.25. The summed E-state index contributed by atoms with van der Waals surface area (Å²) in [6.45, 7) is 5.91. The molecule has 0 atom stereocenters. The third-order valence-electron chi connectivity index (χ3n) is 2.72. The lowest BCUT2D eigenvalue weighted by Gasteiger charge is -2.16. The highest BCUT2D eigenvalue weighted by atomic mass is 16.2. The summed E-state index contributed by atoms with van der Waals surface area (Å²) in [5.41, 5.74) is 4.73. The van der Waals surface area contributed by atoms with Crippen molar-refractivity contribution in [3.63, 3.8) is 0 Å². The van der Waals surface area contributed by atoms with E-state index in [9.17, 15) is 14.4 Å². The van der Waals surface area contributed by atoms with E-state index >= 15 is 0 Å². The number of nitrogens with zero attached hydrogens (tertiary/aromatic N) is 2. The van der Waals surface area contributed by atoms with Crippen LogP contribution in [-0.4, -0.2) is 15.0 Å². The quantitative estimate of drug-likeness (QED) is 0.811. The Kier molecular flexibility index (Phi) is 4.52. The minimum Gasteiger partial charge on any atom is -0.383 e. The Morgan fingerprint density at radius 3 is 2.42 bits per heavy atom. The molecule has 0 aliphatic rings. The predicted molar refractivity (Wildman–Crippen MR) is 74.1 cm³/mol. The Bertz CT molecular complexity index is 598. The van der Waals surface area contributed by atoms with Gasteiger partial charge in [-0.1, -0.05) is 20.8 Å². The number of carbonyl (C=O) groups is 1. The molecule has 1 rings (SSSR count). The highest BCUT2D eigenvalue weighted by Crippen LogP contribution is 2.12. The molecule has 0 aliphatic heterocycles. The van der Waals surface area contributed by atoms with Crippen LogP contribution in [0.5, 0.6) is 0 Å². The Hall–Kier alpha value is -2.05. The topological polar surface area (TPSA) is 99.1 Å². The molecular formula is C12H20N4O3. The lowest BCUT2D eigenvalue weighted by Crippen LogP contribution is -2.41. The van der Waals surface area contributed by atoms with E-state index in [0.717, 1.165) is 4.57 Å². The third-order valence-corrected chi connectivity index (χ3v) is 2.72. The van der Waals surface area contributed by atoms with Crippen LogP contribution in [0.25, 0.3) is 0 Å². The average Bonchev–Trinajstić information content (AvgIpc) is 2.36. The number of nitrogens with one attached hydrogen (secondary N) is 1. The standard InChI is InChI=1S/C12H20N4O3/c1-5-8(17)14-9-10(13)16(6-7(2)3)12(19)15(4)11(9)18/h7H,5-6,13H2,1-4H3,(H,14,17). The summed E-state index contributed by atoms with van der Waals surface area (Å²) in [5.74, 6) is -0.130. The van der Waals surface area contributed by atoms with Gasteiger partial charge >= 0.3 is 5.69 Å². The summed E-state index contributed by atoms with van der Waals surface area (Å²) in [5, 5.41) is 2.45. The van der Waals surface area contributed by atoms with Gasteiger partial charge in [0.15, 0.2) is 0 Å². The van der Waals surface area contributed by atoms with Gasteiger partial charge in [0.05, 0.1) is 0 Å². The van der Waals surface area contributed by atoms with Crippen molar-refractivity contribution in [2.75, 3.05) is 11.1 Å². The first-order valence-corrected chi connectivity index (χ1v) is 6.18. The molecule has 0 bridgehead atoms. The van der Waals surface area contributed by atoms with Gasteiger partial charge in [-0.05, 0) is 5.92 Å². The maximum Gasteiger partial charge on any atom is 0.332 e. The Labute approximate surface area is 111 Å². The first-order chi connectivity index (χ1) is 8.79. The van der Waals surface area contributed by atoms with Crippen LogP contribution in [0.1, 0.15) is 27.2 Å². The summed E-state index contributed by atoms with van der Waals surface area (Å²) >= 11 is 0. The monoisotopic (exact) mass is 268 g/mol. The van der Waals surface area contributed by atoms with Gasteiger partial charge in [0.2, 0.25) is 5.91 Å². The van der Waals surface area contributed by atoms with Gasteiger partial charge in [-0.15, -0.1) is 0 Å². The second kappa shape index (κ2) is 5.73. The van der Waals surface area contributed by atoms with Crippen molar-refractivity contribution < 1.29 is 4.79 Å². The molecule has 0 saturated heterocycles. The van der Waals surface area contributed by atoms with Gasteiger partial charge in [0.1, 0.15) is 11.5 Å². The first-order valence-electron chi connectivity index (χ1n) is 6.18. The lowest BCUT2D eigenvalue weighted by molar-refractivity contribution is -0.115. The number of nitrogens with two attached hydrogens (primary N) is 1. The molecule has 0 unspecified atom stereocenters. The van der Waals surface area contributed by atoms with Crippen LogP contribution in [0.3, 0.4) is 0 Å². The van der Waals surface area contributed by atoms with Crippen molar-refractivity contribution in [2.24, 2.45) is 13.0 Å². The Balaban J connectivity index is 3.47. The van der Waals surface area contributed by atoms with Crippen LogP contribution in [0, 0.1) is 5.92 Å². The van der Waals surface area contributed by atoms with Gasteiger partial charge in [0, 0.05) is 20.0 Å². The van der Waals surface area contributed by atoms with E-state index < -0.39 is 11.2 Å². The Morgan fingerprint density at radius 2 is 1.95 bits per heavy atom. The molecule has 0 aromatic carbocycles. The molecule has 0 spiro atoms. The summed E-state index contributed by atoms with van der Waals surface area (Å²) in [6.07, 6.45) is 0.228. The van der Waals surface area contributed by atoms with Crippen LogP contribution < -0.4 is 22.3 Å². The van der Waals surface area contributed by atoms with E-state index in [2.05, 4.69) is 5.32 Å². The molecule has 106 valence electrons. The molecule has 0 aliphatic carbocycles. The van der Waals surface area contributed by atoms with E-state index in [0.29, 0.717) is 6.54 Å². The highest BCUT2D eigenvalue weighted by Gasteiger charge is 2.17. The minimum absolute atomic E-state index is 0.00333.